The first-order valence-corrected chi connectivity index (χ1v) is 7.85. The minimum atomic E-state index is -0.249. The number of nitrogens with two attached hydrogens (primary N) is 1. The number of benzene rings is 1. The van der Waals surface area contributed by atoms with Gasteiger partial charge in [-0.3, -0.25) is 11.3 Å². The van der Waals surface area contributed by atoms with Crippen LogP contribution in [0.2, 0.25) is 5.02 Å². The topological polar surface area (TPSA) is 47.3 Å². The van der Waals surface area contributed by atoms with Gasteiger partial charge in [0.05, 0.1) is 11.6 Å². The molecule has 0 aliphatic heterocycles. The Morgan fingerprint density at radius 2 is 2.05 bits per heavy atom. The van der Waals surface area contributed by atoms with Gasteiger partial charge >= 0.3 is 0 Å². The number of ether oxygens (including phenoxy) is 1. The normalized spacial score (nSPS) is 28.3. The zero-order valence-electron chi connectivity index (χ0n) is 12.4. The van der Waals surface area contributed by atoms with Gasteiger partial charge in [-0.1, -0.05) is 36.7 Å². The van der Waals surface area contributed by atoms with Crippen molar-refractivity contribution >= 4 is 11.6 Å². The number of halogens is 1. The van der Waals surface area contributed by atoms with Crippen LogP contribution >= 0.6 is 11.6 Å². The van der Waals surface area contributed by atoms with Gasteiger partial charge in [0.2, 0.25) is 0 Å². The van der Waals surface area contributed by atoms with Gasteiger partial charge in [0.15, 0.2) is 0 Å². The van der Waals surface area contributed by atoms with Crippen molar-refractivity contribution in [1.29, 1.82) is 0 Å². The summed E-state index contributed by atoms with van der Waals surface area (Å²) in [5.41, 5.74) is 3.74. The predicted octanol–water partition coefficient (Wildman–Crippen LogP) is 3.83. The molecule has 0 aromatic heterocycles. The van der Waals surface area contributed by atoms with Crippen LogP contribution in [0.4, 0.5) is 0 Å². The Hall–Kier alpha value is -0.610. The zero-order chi connectivity index (χ0) is 14.6. The fourth-order valence-corrected chi connectivity index (χ4v) is 3.53. The lowest BCUT2D eigenvalue weighted by Gasteiger charge is -2.44. The molecule has 1 aromatic rings. The van der Waals surface area contributed by atoms with E-state index in [1.54, 1.807) is 0 Å². The molecule has 3 nitrogen and oxygen atoms in total. The third-order valence-electron chi connectivity index (χ3n) is 4.46. The minimum absolute atomic E-state index is 0.0661. The summed E-state index contributed by atoms with van der Waals surface area (Å²) < 4.78 is 6.18. The van der Waals surface area contributed by atoms with E-state index in [0.717, 1.165) is 29.3 Å². The molecule has 112 valence electrons. The number of nitrogens with one attached hydrogen (secondary N) is 1. The maximum atomic E-state index is 6.36. The van der Waals surface area contributed by atoms with E-state index in [9.17, 15) is 0 Å². The van der Waals surface area contributed by atoms with Crippen LogP contribution in [0, 0.1) is 5.92 Å². The van der Waals surface area contributed by atoms with Crippen LogP contribution in [-0.4, -0.2) is 12.2 Å². The summed E-state index contributed by atoms with van der Waals surface area (Å²) in [6.07, 6.45) is 4.37. The average Bonchev–Trinajstić information content (AvgIpc) is 2.45. The second kappa shape index (κ2) is 6.90. The van der Waals surface area contributed by atoms with Crippen molar-refractivity contribution in [2.24, 2.45) is 11.8 Å². The molecule has 3 N–H and O–H groups in total. The van der Waals surface area contributed by atoms with Gasteiger partial charge in [-0.15, -0.1) is 0 Å². The molecular formula is C16H25ClN2O. The zero-order valence-corrected chi connectivity index (χ0v) is 13.1. The lowest BCUT2D eigenvalue weighted by atomic mass is 9.73. The Bertz CT molecular complexity index is 430. The Morgan fingerprint density at radius 1 is 1.40 bits per heavy atom. The standard InChI is InChI=1S/C16H25ClN2O/c1-3-20-16(10-8-12(2)9-11-16)15(19-18)13-6-4-5-7-14(13)17/h4-7,12,15,19H,3,8-11,18H2,1-2H3. The molecule has 1 atom stereocenters. The molecule has 4 heteroatoms. The molecule has 1 aliphatic rings. The van der Waals surface area contributed by atoms with E-state index in [1.807, 2.05) is 31.2 Å². The summed E-state index contributed by atoms with van der Waals surface area (Å²) in [7, 11) is 0. The fourth-order valence-electron chi connectivity index (χ4n) is 3.29. The highest BCUT2D eigenvalue weighted by atomic mass is 35.5. The molecule has 0 heterocycles. The molecule has 0 radical (unpaired) electrons. The van der Waals surface area contributed by atoms with E-state index < -0.39 is 0 Å². The van der Waals surface area contributed by atoms with Gasteiger partial charge in [0, 0.05) is 11.6 Å². The van der Waals surface area contributed by atoms with Crippen LogP contribution in [0.15, 0.2) is 24.3 Å². The summed E-state index contributed by atoms with van der Waals surface area (Å²) >= 11 is 6.36. The molecule has 0 bridgehead atoms. The number of hydrazine groups is 1. The largest absolute Gasteiger partial charge is 0.373 e. The van der Waals surface area contributed by atoms with Crippen LogP contribution in [0.25, 0.3) is 0 Å². The number of hydrogen-bond donors (Lipinski definition) is 2. The van der Waals surface area contributed by atoms with Crippen LogP contribution in [0.3, 0.4) is 0 Å². The molecule has 0 saturated heterocycles. The van der Waals surface area contributed by atoms with E-state index in [1.165, 1.54) is 12.8 Å². The second-order valence-corrected chi connectivity index (χ2v) is 6.21. The Labute approximate surface area is 126 Å². The molecule has 1 unspecified atom stereocenters. The summed E-state index contributed by atoms with van der Waals surface area (Å²) in [6, 6.07) is 7.81. The Balaban J connectivity index is 2.33. The summed E-state index contributed by atoms with van der Waals surface area (Å²) in [4.78, 5) is 0. The molecular weight excluding hydrogens is 272 g/mol. The summed E-state index contributed by atoms with van der Waals surface area (Å²) in [5.74, 6) is 6.62. The fraction of sp³-hybridized carbons (Fsp3) is 0.625. The predicted molar refractivity (Wildman–Crippen MR) is 83.5 cm³/mol. The summed E-state index contributed by atoms with van der Waals surface area (Å²) in [5, 5.41) is 0.744. The molecule has 1 aromatic carbocycles. The van der Waals surface area contributed by atoms with Crippen molar-refractivity contribution in [2.75, 3.05) is 6.61 Å². The van der Waals surface area contributed by atoms with Crippen molar-refractivity contribution in [3.05, 3.63) is 34.9 Å². The molecule has 20 heavy (non-hydrogen) atoms. The van der Waals surface area contributed by atoms with Crippen molar-refractivity contribution < 1.29 is 4.74 Å². The Kier molecular flexibility index (Phi) is 5.44. The minimum Gasteiger partial charge on any atom is -0.373 e. The second-order valence-electron chi connectivity index (χ2n) is 5.80. The van der Waals surface area contributed by atoms with Crippen molar-refractivity contribution in [3.8, 4) is 0 Å². The van der Waals surface area contributed by atoms with E-state index in [0.29, 0.717) is 6.61 Å². The van der Waals surface area contributed by atoms with Crippen molar-refractivity contribution in [3.63, 3.8) is 0 Å². The molecule has 1 aliphatic carbocycles. The molecule has 1 saturated carbocycles. The van der Waals surface area contributed by atoms with Crippen molar-refractivity contribution in [2.45, 2.75) is 51.2 Å². The lowest BCUT2D eigenvalue weighted by molar-refractivity contribution is -0.0976. The van der Waals surface area contributed by atoms with Crippen molar-refractivity contribution in [1.82, 2.24) is 5.43 Å². The van der Waals surface area contributed by atoms with Gasteiger partial charge < -0.3 is 4.74 Å². The third kappa shape index (κ3) is 3.17. The van der Waals surface area contributed by atoms with E-state index >= 15 is 0 Å². The maximum Gasteiger partial charge on any atom is 0.0889 e. The smallest absolute Gasteiger partial charge is 0.0889 e. The molecule has 0 spiro atoms. The third-order valence-corrected chi connectivity index (χ3v) is 4.81. The maximum absolute atomic E-state index is 6.36. The average molecular weight is 297 g/mol. The highest BCUT2D eigenvalue weighted by Crippen LogP contribution is 2.44. The van der Waals surface area contributed by atoms with Crippen LogP contribution in [0.1, 0.15) is 51.1 Å². The van der Waals surface area contributed by atoms with E-state index in [4.69, 9.17) is 22.2 Å². The first kappa shape index (κ1) is 15.8. The molecule has 1 fully saturated rings. The van der Waals surface area contributed by atoms with Gasteiger partial charge in [-0.05, 0) is 50.2 Å². The quantitative estimate of drug-likeness (QED) is 0.641. The molecule has 0 amide bonds. The first-order chi connectivity index (χ1) is 9.63. The van der Waals surface area contributed by atoms with E-state index in [-0.39, 0.29) is 11.6 Å². The van der Waals surface area contributed by atoms with Gasteiger partial charge in [-0.2, -0.15) is 0 Å². The highest BCUT2D eigenvalue weighted by molar-refractivity contribution is 6.31. The number of hydrogen-bond acceptors (Lipinski definition) is 3. The van der Waals surface area contributed by atoms with Crippen LogP contribution in [-0.2, 0) is 4.74 Å². The highest BCUT2D eigenvalue weighted by Gasteiger charge is 2.43. The van der Waals surface area contributed by atoms with Gasteiger partial charge in [-0.25, -0.2) is 0 Å². The van der Waals surface area contributed by atoms with Crippen LogP contribution < -0.4 is 11.3 Å². The Morgan fingerprint density at radius 3 is 2.60 bits per heavy atom. The first-order valence-electron chi connectivity index (χ1n) is 7.47. The molecule has 2 rings (SSSR count). The van der Waals surface area contributed by atoms with E-state index in [2.05, 4.69) is 12.3 Å². The lowest BCUT2D eigenvalue weighted by Crippen LogP contribution is -2.50. The van der Waals surface area contributed by atoms with Crippen LogP contribution in [0.5, 0.6) is 0 Å². The summed E-state index contributed by atoms with van der Waals surface area (Å²) in [6.45, 7) is 5.03. The van der Waals surface area contributed by atoms with Gasteiger partial charge in [0.1, 0.15) is 0 Å². The number of rotatable bonds is 5. The SMILES string of the molecule is CCOC1(C(NN)c2ccccc2Cl)CCC(C)CC1. The monoisotopic (exact) mass is 296 g/mol. The van der Waals surface area contributed by atoms with Gasteiger partial charge in [0.25, 0.3) is 0 Å².